The second-order valence-electron chi connectivity index (χ2n) is 2.85. The first-order valence-corrected chi connectivity index (χ1v) is 5.54. The lowest BCUT2D eigenvalue weighted by molar-refractivity contribution is 0.373. The maximum absolute atomic E-state index is 11.1. The molecule has 8 nitrogen and oxygen atoms in total. The van der Waals surface area contributed by atoms with Gasteiger partial charge in [-0.2, -0.15) is 15.0 Å². The normalized spacial score (nSPS) is 10.5. The molecule has 0 fully saturated rings. The zero-order valence-corrected chi connectivity index (χ0v) is 10.4. The topological polar surface area (TPSA) is 98.6 Å². The van der Waals surface area contributed by atoms with Crippen molar-refractivity contribution in [3.63, 3.8) is 0 Å². The van der Waals surface area contributed by atoms with Crippen molar-refractivity contribution < 1.29 is 4.74 Å². The first-order chi connectivity index (χ1) is 8.10. The third kappa shape index (κ3) is 2.56. The smallest absolute Gasteiger partial charge is 0.343 e. The molecule has 0 aliphatic carbocycles. The SMILES string of the molecule is COc1nc(Cl)nc(Sc2n[nH]c(=O)n2C)n1. The average Bonchev–Trinajstić information content (AvgIpc) is 2.60. The second-order valence-corrected chi connectivity index (χ2v) is 4.12. The summed E-state index contributed by atoms with van der Waals surface area (Å²) < 4.78 is 6.18. The fourth-order valence-electron chi connectivity index (χ4n) is 0.957. The molecular formula is C7H7ClN6O2S. The van der Waals surface area contributed by atoms with Gasteiger partial charge in [0.1, 0.15) is 0 Å². The van der Waals surface area contributed by atoms with Gasteiger partial charge in [0.2, 0.25) is 10.4 Å². The van der Waals surface area contributed by atoms with Gasteiger partial charge in [0.25, 0.3) is 0 Å². The van der Waals surface area contributed by atoms with Gasteiger partial charge < -0.3 is 4.74 Å². The van der Waals surface area contributed by atoms with Gasteiger partial charge in [-0.05, 0) is 23.4 Å². The molecule has 0 atom stereocenters. The summed E-state index contributed by atoms with van der Waals surface area (Å²) >= 11 is 6.76. The monoisotopic (exact) mass is 274 g/mol. The summed E-state index contributed by atoms with van der Waals surface area (Å²) in [6.07, 6.45) is 0. The fourth-order valence-corrected chi connectivity index (χ4v) is 1.89. The number of halogens is 1. The van der Waals surface area contributed by atoms with Crippen molar-refractivity contribution in [3.8, 4) is 6.01 Å². The Morgan fingerprint density at radius 1 is 1.41 bits per heavy atom. The van der Waals surface area contributed by atoms with Crippen LogP contribution in [0.25, 0.3) is 0 Å². The van der Waals surface area contributed by atoms with E-state index in [-0.39, 0.29) is 17.0 Å². The van der Waals surface area contributed by atoms with Crippen LogP contribution in [0, 0.1) is 0 Å². The summed E-state index contributed by atoms with van der Waals surface area (Å²) in [4.78, 5) is 22.7. The molecule has 0 saturated carbocycles. The molecule has 17 heavy (non-hydrogen) atoms. The number of aromatic nitrogens is 6. The quantitative estimate of drug-likeness (QED) is 0.848. The Labute approximate surface area is 104 Å². The predicted molar refractivity (Wildman–Crippen MR) is 59.3 cm³/mol. The molecule has 2 aromatic heterocycles. The highest BCUT2D eigenvalue weighted by atomic mass is 35.5. The number of rotatable bonds is 3. The lowest BCUT2D eigenvalue weighted by Gasteiger charge is -2.01. The van der Waals surface area contributed by atoms with Crippen molar-refractivity contribution in [3.05, 3.63) is 15.8 Å². The van der Waals surface area contributed by atoms with Crippen LogP contribution < -0.4 is 10.4 Å². The summed E-state index contributed by atoms with van der Waals surface area (Å²) in [5.74, 6) is 0. The van der Waals surface area contributed by atoms with Gasteiger partial charge in [-0.1, -0.05) is 0 Å². The minimum Gasteiger partial charge on any atom is -0.467 e. The zero-order valence-electron chi connectivity index (χ0n) is 8.84. The van der Waals surface area contributed by atoms with Crippen molar-refractivity contribution in [1.29, 1.82) is 0 Å². The van der Waals surface area contributed by atoms with E-state index in [4.69, 9.17) is 16.3 Å². The second kappa shape index (κ2) is 4.72. The van der Waals surface area contributed by atoms with Crippen molar-refractivity contribution in [2.75, 3.05) is 7.11 Å². The Morgan fingerprint density at radius 3 is 2.76 bits per heavy atom. The minimum atomic E-state index is -0.320. The lowest BCUT2D eigenvalue weighted by atomic mass is 11.0. The maximum atomic E-state index is 11.1. The van der Waals surface area contributed by atoms with E-state index in [2.05, 4.69) is 25.1 Å². The van der Waals surface area contributed by atoms with E-state index in [1.807, 2.05) is 0 Å². The predicted octanol–water partition coefficient (Wildman–Crippen LogP) is 0.107. The molecular weight excluding hydrogens is 268 g/mol. The molecule has 2 rings (SSSR count). The third-order valence-electron chi connectivity index (χ3n) is 1.77. The summed E-state index contributed by atoms with van der Waals surface area (Å²) in [6.45, 7) is 0. The van der Waals surface area contributed by atoms with Gasteiger partial charge in [0.15, 0.2) is 5.16 Å². The zero-order chi connectivity index (χ0) is 12.4. The Bertz CT molecular complexity index is 596. The van der Waals surface area contributed by atoms with E-state index < -0.39 is 0 Å². The molecule has 0 amide bonds. The number of H-pyrrole nitrogens is 1. The lowest BCUT2D eigenvalue weighted by Crippen LogP contribution is -2.12. The highest BCUT2D eigenvalue weighted by molar-refractivity contribution is 7.99. The molecule has 90 valence electrons. The van der Waals surface area contributed by atoms with Crippen molar-refractivity contribution >= 4 is 23.4 Å². The largest absolute Gasteiger partial charge is 0.467 e. The van der Waals surface area contributed by atoms with Crippen LogP contribution in [-0.4, -0.2) is 36.8 Å². The number of aromatic amines is 1. The van der Waals surface area contributed by atoms with Crippen LogP contribution in [-0.2, 0) is 7.05 Å². The van der Waals surface area contributed by atoms with E-state index in [0.29, 0.717) is 10.3 Å². The molecule has 2 aromatic rings. The Balaban J connectivity index is 2.33. The summed E-state index contributed by atoms with van der Waals surface area (Å²) in [7, 11) is 3.00. The third-order valence-corrected chi connectivity index (χ3v) is 2.85. The number of methoxy groups -OCH3 is 1. The fraction of sp³-hybridized carbons (Fsp3) is 0.286. The van der Waals surface area contributed by atoms with E-state index >= 15 is 0 Å². The minimum absolute atomic E-state index is 0.0138. The van der Waals surface area contributed by atoms with Gasteiger partial charge in [-0.15, -0.1) is 5.10 Å². The molecule has 0 saturated heterocycles. The van der Waals surface area contributed by atoms with E-state index in [1.165, 1.54) is 11.7 Å². The summed E-state index contributed by atoms with van der Waals surface area (Å²) in [5.41, 5.74) is -0.320. The molecule has 0 aromatic carbocycles. The Kier molecular flexibility index (Phi) is 3.29. The van der Waals surface area contributed by atoms with E-state index in [9.17, 15) is 4.79 Å². The molecule has 0 aliphatic rings. The standard InChI is InChI=1S/C7H7ClN6O2S/c1-14-6(15)12-13-7(14)17-5-10-3(8)9-4(11-5)16-2/h1-2H3,(H,12,15). The molecule has 0 radical (unpaired) electrons. The number of hydrogen-bond acceptors (Lipinski definition) is 7. The van der Waals surface area contributed by atoms with Crippen LogP contribution in [0.5, 0.6) is 6.01 Å². The van der Waals surface area contributed by atoms with Crippen LogP contribution in [0.3, 0.4) is 0 Å². The van der Waals surface area contributed by atoms with E-state index in [0.717, 1.165) is 11.8 Å². The Morgan fingerprint density at radius 2 is 2.18 bits per heavy atom. The molecule has 0 aliphatic heterocycles. The van der Waals surface area contributed by atoms with Crippen LogP contribution in [0.4, 0.5) is 0 Å². The number of nitrogens with zero attached hydrogens (tertiary/aromatic N) is 5. The van der Waals surface area contributed by atoms with Gasteiger partial charge in [0.05, 0.1) is 7.11 Å². The van der Waals surface area contributed by atoms with E-state index in [1.54, 1.807) is 7.05 Å². The molecule has 0 bridgehead atoms. The number of hydrogen-bond donors (Lipinski definition) is 1. The van der Waals surface area contributed by atoms with Gasteiger partial charge in [-0.25, -0.2) is 9.89 Å². The summed E-state index contributed by atoms with van der Waals surface area (Å²) in [5, 5.41) is 6.83. The Hall–Kier alpha value is -1.61. The first-order valence-electron chi connectivity index (χ1n) is 4.35. The molecule has 0 spiro atoms. The maximum Gasteiger partial charge on any atom is 0.343 e. The number of nitrogens with one attached hydrogen (secondary N) is 1. The molecule has 0 unspecified atom stereocenters. The van der Waals surface area contributed by atoms with Crippen LogP contribution in [0.15, 0.2) is 15.1 Å². The van der Waals surface area contributed by atoms with Crippen LogP contribution in [0.2, 0.25) is 5.28 Å². The molecule has 10 heteroatoms. The van der Waals surface area contributed by atoms with Gasteiger partial charge in [-0.3, -0.25) is 4.57 Å². The van der Waals surface area contributed by atoms with Gasteiger partial charge in [0, 0.05) is 7.05 Å². The highest BCUT2D eigenvalue weighted by Gasteiger charge is 2.11. The van der Waals surface area contributed by atoms with Gasteiger partial charge >= 0.3 is 11.7 Å². The average molecular weight is 275 g/mol. The van der Waals surface area contributed by atoms with Crippen molar-refractivity contribution in [2.24, 2.45) is 7.05 Å². The first kappa shape index (κ1) is 11.9. The van der Waals surface area contributed by atoms with Crippen LogP contribution in [0.1, 0.15) is 0 Å². The highest BCUT2D eigenvalue weighted by Crippen LogP contribution is 2.22. The molecule has 2 heterocycles. The number of ether oxygens (including phenoxy) is 1. The van der Waals surface area contributed by atoms with Crippen molar-refractivity contribution in [1.82, 2.24) is 29.7 Å². The van der Waals surface area contributed by atoms with Crippen molar-refractivity contribution in [2.45, 2.75) is 10.3 Å². The summed E-state index contributed by atoms with van der Waals surface area (Å²) in [6, 6.07) is 0.105. The molecule has 1 N–H and O–H groups in total. The van der Waals surface area contributed by atoms with Crippen LogP contribution >= 0.6 is 23.4 Å².